The van der Waals surface area contributed by atoms with Gasteiger partial charge in [-0.1, -0.05) is 32.0 Å². The van der Waals surface area contributed by atoms with Crippen LogP contribution >= 0.6 is 11.8 Å². The van der Waals surface area contributed by atoms with Gasteiger partial charge in [0.15, 0.2) is 0 Å². The maximum Gasteiger partial charge on any atom is 0.148 e. The van der Waals surface area contributed by atoms with Crippen LogP contribution in [-0.4, -0.2) is 26.6 Å². The molecule has 0 atom stereocenters. The fourth-order valence-electron chi connectivity index (χ4n) is 2.07. The fraction of sp³-hybridized carbons (Fsp3) is 0.467. The standard InChI is InChI=1S/C15H20N2OS/c1-4-17-15-8-6-5-7-13(15)14(16-17)9-12(18)10-19-11(2)3/h5-8,11H,4,9-10H2,1-3H3. The van der Waals surface area contributed by atoms with Crippen LogP contribution in [0.15, 0.2) is 24.3 Å². The number of benzene rings is 1. The molecule has 102 valence electrons. The lowest BCUT2D eigenvalue weighted by Gasteiger charge is -2.02. The molecule has 0 spiro atoms. The third-order valence-electron chi connectivity index (χ3n) is 2.98. The van der Waals surface area contributed by atoms with E-state index in [-0.39, 0.29) is 5.78 Å². The van der Waals surface area contributed by atoms with E-state index < -0.39 is 0 Å². The lowest BCUT2D eigenvalue weighted by Crippen LogP contribution is -2.09. The van der Waals surface area contributed by atoms with Gasteiger partial charge in [0, 0.05) is 11.9 Å². The Bertz CT molecular complexity index is 575. The van der Waals surface area contributed by atoms with Gasteiger partial charge in [0.1, 0.15) is 5.78 Å². The van der Waals surface area contributed by atoms with E-state index in [0.717, 1.165) is 23.1 Å². The lowest BCUT2D eigenvalue weighted by atomic mass is 10.1. The summed E-state index contributed by atoms with van der Waals surface area (Å²) in [4.78, 5) is 12.0. The summed E-state index contributed by atoms with van der Waals surface area (Å²) in [6.07, 6.45) is 0.438. The molecule has 2 aromatic rings. The van der Waals surface area contributed by atoms with Gasteiger partial charge in [0.2, 0.25) is 0 Å². The second-order valence-electron chi connectivity index (χ2n) is 4.85. The van der Waals surface area contributed by atoms with E-state index in [1.165, 1.54) is 0 Å². The average Bonchev–Trinajstić information content (AvgIpc) is 2.75. The Morgan fingerprint density at radius 1 is 1.37 bits per heavy atom. The van der Waals surface area contributed by atoms with Crippen molar-refractivity contribution in [2.75, 3.05) is 5.75 Å². The number of thioether (sulfide) groups is 1. The molecule has 2 rings (SSSR count). The summed E-state index contributed by atoms with van der Waals surface area (Å²) in [6, 6.07) is 8.12. The van der Waals surface area contributed by atoms with E-state index in [1.807, 2.05) is 22.9 Å². The molecule has 1 aromatic carbocycles. The summed E-state index contributed by atoms with van der Waals surface area (Å²) in [6.45, 7) is 7.12. The third kappa shape index (κ3) is 3.38. The zero-order valence-electron chi connectivity index (χ0n) is 11.7. The molecule has 0 saturated heterocycles. The molecule has 19 heavy (non-hydrogen) atoms. The van der Waals surface area contributed by atoms with E-state index in [1.54, 1.807) is 11.8 Å². The summed E-state index contributed by atoms with van der Waals surface area (Å²) in [5, 5.41) is 6.16. The minimum absolute atomic E-state index is 0.255. The number of hydrogen-bond donors (Lipinski definition) is 0. The second-order valence-corrected chi connectivity index (χ2v) is 6.42. The number of fused-ring (bicyclic) bond motifs is 1. The molecule has 0 aliphatic heterocycles. The first-order chi connectivity index (χ1) is 9.11. The molecule has 0 fully saturated rings. The van der Waals surface area contributed by atoms with Crippen LogP contribution in [0.2, 0.25) is 0 Å². The van der Waals surface area contributed by atoms with Crippen molar-refractivity contribution >= 4 is 28.4 Å². The van der Waals surface area contributed by atoms with Crippen molar-refractivity contribution in [3.05, 3.63) is 30.0 Å². The summed E-state index contributed by atoms with van der Waals surface area (Å²) < 4.78 is 1.97. The molecule has 0 N–H and O–H groups in total. The Hall–Kier alpha value is -1.29. The molecular weight excluding hydrogens is 256 g/mol. The van der Waals surface area contributed by atoms with Crippen molar-refractivity contribution in [1.29, 1.82) is 0 Å². The van der Waals surface area contributed by atoms with Crippen LogP contribution in [0.25, 0.3) is 10.9 Å². The molecule has 4 heteroatoms. The first-order valence-electron chi connectivity index (χ1n) is 6.69. The molecule has 0 radical (unpaired) electrons. The van der Waals surface area contributed by atoms with Gasteiger partial charge in [-0.3, -0.25) is 9.48 Å². The van der Waals surface area contributed by atoms with Crippen LogP contribution in [0.3, 0.4) is 0 Å². The SMILES string of the molecule is CCn1nc(CC(=O)CSC(C)C)c2ccccc21. The van der Waals surface area contributed by atoms with Crippen LogP contribution in [-0.2, 0) is 17.8 Å². The first kappa shape index (κ1) is 14.1. The fourth-order valence-corrected chi connectivity index (χ4v) is 2.69. The number of ketones is 1. The van der Waals surface area contributed by atoms with Crippen molar-refractivity contribution in [3.63, 3.8) is 0 Å². The Kier molecular flexibility index (Phi) is 4.64. The maximum atomic E-state index is 12.0. The van der Waals surface area contributed by atoms with Crippen LogP contribution in [0.4, 0.5) is 0 Å². The summed E-state index contributed by atoms with van der Waals surface area (Å²) in [5.74, 6) is 0.829. The number of para-hydroxylation sites is 1. The molecule has 1 aromatic heterocycles. The number of carbonyl (C=O) groups is 1. The Morgan fingerprint density at radius 3 is 2.79 bits per heavy atom. The molecule has 1 heterocycles. The van der Waals surface area contributed by atoms with Gasteiger partial charge in [-0.15, -0.1) is 0 Å². The monoisotopic (exact) mass is 276 g/mol. The smallest absolute Gasteiger partial charge is 0.148 e. The molecule has 0 unspecified atom stereocenters. The van der Waals surface area contributed by atoms with Crippen molar-refractivity contribution in [1.82, 2.24) is 9.78 Å². The van der Waals surface area contributed by atoms with E-state index in [9.17, 15) is 4.79 Å². The predicted octanol–water partition coefficient (Wildman–Crippen LogP) is 3.31. The van der Waals surface area contributed by atoms with E-state index in [2.05, 4.69) is 31.9 Å². The summed E-state index contributed by atoms with van der Waals surface area (Å²) >= 11 is 1.69. The van der Waals surface area contributed by atoms with E-state index in [4.69, 9.17) is 0 Å². The van der Waals surface area contributed by atoms with Crippen LogP contribution < -0.4 is 0 Å². The number of carbonyl (C=O) groups excluding carboxylic acids is 1. The highest BCUT2D eigenvalue weighted by Crippen LogP contribution is 2.19. The molecule has 0 bridgehead atoms. The highest BCUT2D eigenvalue weighted by Gasteiger charge is 2.13. The predicted molar refractivity (Wildman–Crippen MR) is 81.7 cm³/mol. The summed E-state index contributed by atoms with van der Waals surface area (Å²) in [5.41, 5.74) is 2.02. The summed E-state index contributed by atoms with van der Waals surface area (Å²) in [7, 11) is 0. The number of hydrogen-bond acceptors (Lipinski definition) is 3. The van der Waals surface area contributed by atoms with Crippen molar-refractivity contribution < 1.29 is 4.79 Å². The van der Waals surface area contributed by atoms with Gasteiger partial charge >= 0.3 is 0 Å². The van der Waals surface area contributed by atoms with Gasteiger partial charge in [-0.2, -0.15) is 16.9 Å². The normalized spacial score (nSPS) is 11.4. The number of aryl methyl sites for hydroxylation is 1. The maximum absolute atomic E-state index is 12.0. The molecule has 0 aliphatic carbocycles. The second kappa shape index (κ2) is 6.24. The zero-order chi connectivity index (χ0) is 13.8. The largest absolute Gasteiger partial charge is 0.298 e. The zero-order valence-corrected chi connectivity index (χ0v) is 12.5. The lowest BCUT2D eigenvalue weighted by molar-refractivity contribution is -0.116. The number of aromatic nitrogens is 2. The number of nitrogens with zero attached hydrogens (tertiary/aromatic N) is 2. The van der Waals surface area contributed by atoms with Crippen molar-refractivity contribution in [2.45, 2.75) is 39.0 Å². The Morgan fingerprint density at radius 2 is 2.11 bits per heavy atom. The third-order valence-corrected chi connectivity index (χ3v) is 4.13. The highest BCUT2D eigenvalue weighted by molar-refractivity contribution is 8.00. The van der Waals surface area contributed by atoms with E-state index in [0.29, 0.717) is 17.4 Å². The highest BCUT2D eigenvalue weighted by atomic mass is 32.2. The molecule has 3 nitrogen and oxygen atoms in total. The minimum Gasteiger partial charge on any atom is -0.298 e. The minimum atomic E-state index is 0.255. The van der Waals surface area contributed by atoms with Crippen molar-refractivity contribution in [3.8, 4) is 0 Å². The van der Waals surface area contributed by atoms with Crippen LogP contribution in [0.5, 0.6) is 0 Å². The number of Topliss-reactive ketones (excluding diaryl/α,β-unsaturated/α-hetero) is 1. The van der Waals surface area contributed by atoms with Crippen molar-refractivity contribution in [2.24, 2.45) is 0 Å². The molecular formula is C15H20N2OS. The molecule has 0 aliphatic rings. The molecule has 0 saturated carbocycles. The molecule has 0 amide bonds. The number of rotatable bonds is 6. The van der Waals surface area contributed by atoms with E-state index >= 15 is 0 Å². The first-order valence-corrected chi connectivity index (χ1v) is 7.74. The van der Waals surface area contributed by atoms with Gasteiger partial charge in [0.25, 0.3) is 0 Å². The van der Waals surface area contributed by atoms with Gasteiger partial charge in [-0.25, -0.2) is 0 Å². The van der Waals surface area contributed by atoms with Crippen LogP contribution in [0, 0.1) is 0 Å². The van der Waals surface area contributed by atoms with Gasteiger partial charge < -0.3 is 0 Å². The topological polar surface area (TPSA) is 34.9 Å². The van der Waals surface area contributed by atoms with Gasteiger partial charge in [-0.05, 0) is 18.2 Å². The van der Waals surface area contributed by atoms with Crippen LogP contribution in [0.1, 0.15) is 26.5 Å². The quantitative estimate of drug-likeness (QED) is 0.812. The average molecular weight is 276 g/mol. The Balaban J connectivity index is 2.18. The Labute approximate surface area is 118 Å². The van der Waals surface area contributed by atoms with Gasteiger partial charge in [0.05, 0.1) is 23.4 Å².